The van der Waals surface area contributed by atoms with E-state index in [0.717, 1.165) is 17.0 Å². The van der Waals surface area contributed by atoms with Crippen LogP contribution in [0, 0.1) is 6.92 Å². The fraction of sp³-hybridized carbons (Fsp3) is 0.188. The van der Waals surface area contributed by atoms with Gasteiger partial charge in [-0.05, 0) is 42.4 Å². The molecule has 0 saturated heterocycles. The number of benzene rings is 2. The number of hydrogen-bond acceptors (Lipinski definition) is 2. The molecule has 104 valence electrons. The van der Waals surface area contributed by atoms with Gasteiger partial charge in [-0.15, -0.1) is 0 Å². The van der Waals surface area contributed by atoms with Gasteiger partial charge in [0.25, 0.3) is 0 Å². The fourth-order valence-corrected chi connectivity index (χ4v) is 2.05. The Labute approximate surface area is 125 Å². The molecule has 0 atom stereocenters. The molecule has 4 heteroatoms. The molecule has 0 bridgehead atoms. The van der Waals surface area contributed by atoms with Crippen molar-refractivity contribution in [3.8, 4) is 5.75 Å². The lowest BCUT2D eigenvalue weighted by Gasteiger charge is -2.14. The molecule has 0 heterocycles. The van der Waals surface area contributed by atoms with Crippen LogP contribution < -0.4 is 15.4 Å². The number of aryl methyl sites for hydroxylation is 1. The number of methoxy groups -OCH3 is 1. The van der Waals surface area contributed by atoms with E-state index in [4.69, 9.17) is 17.0 Å². The van der Waals surface area contributed by atoms with Crippen molar-refractivity contribution in [3.05, 3.63) is 59.7 Å². The van der Waals surface area contributed by atoms with Crippen LogP contribution >= 0.6 is 12.2 Å². The first-order chi connectivity index (χ1) is 9.69. The van der Waals surface area contributed by atoms with Gasteiger partial charge in [0.2, 0.25) is 0 Å². The third kappa shape index (κ3) is 3.96. The molecule has 0 saturated carbocycles. The lowest BCUT2D eigenvalue weighted by Crippen LogP contribution is -2.28. The maximum atomic E-state index is 5.31. The number of thiocarbonyl (C=S) groups is 1. The van der Waals surface area contributed by atoms with Crippen LogP contribution in [-0.4, -0.2) is 12.2 Å². The first-order valence-corrected chi connectivity index (χ1v) is 6.83. The van der Waals surface area contributed by atoms with E-state index in [9.17, 15) is 0 Å². The van der Waals surface area contributed by atoms with Crippen LogP contribution in [0.1, 0.15) is 11.1 Å². The molecule has 2 aromatic rings. The summed E-state index contributed by atoms with van der Waals surface area (Å²) in [6.45, 7) is 2.73. The standard InChI is InChI=1S/C16H18N2OS/c1-12-8-9-15(19-2)14(10-12)18-16(20)17-11-13-6-4-3-5-7-13/h3-10H,11H2,1-2H3,(H2,17,18,20). The van der Waals surface area contributed by atoms with E-state index in [2.05, 4.69) is 22.8 Å². The normalized spacial score (nSPS) is 9.90. The van der Waals surface area contributed by atoms with Gasteiger partial charge in [0.1, 0.15) is 5.75 Å². The largest absolute Gasteiger partial charge is 0.495 e. The maximum Gasteiger partial charge on any atom is 0.171 e. The summed E-state index contributed by atoms with van der Waals surface area (Å²) in [6, 6.07) is 16.1. The number of ether oxygens (including phenoxy) is 1. The highest BCUT2D eigenvalue weighted by Gasteiger charge is 2.05. The molecule has 0 aliphatic rings. The number of nitrogens with one attached hydrogen (secondary N) is 2. The predicted molar refractivity (Wildman–Crippen MR) is 87.2 cm³/mol. The van der Waals surface area contributed by atoms with Gasteiger partial charge in [-0.3, -0.25) is 0 Å². The molecule has 2 aromatic carbocycles. The molecule has 2 rings (SSSR count). The molecule has 0 aromatic heterocycles. The highest BCUT2D eigenvalue weighted by atomic mass is 32.1. The molecular weight excluding hydrogens is 268 g/mol. The van der Waals surface area contributed by atoms with Crippen molar-refractivity contribution in [2.75, 3.05) is 12.4 Å². The Morgan fingerprint density at radius 2 is 1.90 bits per heavy atom. The van der Waals surface area contributed by atoms with Crippen molar-refractivity contribution < 1.29 is 4.74 Å². The van der Waals surface area contributed by atoms with Gasteiger partial charge >= 0.3 is 0 Å². The quantitative estimate of drug-likeness (QED) is 0.843. The Morgan fingerprint density at radius 3 is 2.60 bits per heavy atom. The van der Waals surface area contributed by atoms with Gasteiger partial charge in [0.15, 0.2) is 5.11 Å². The molecule has 0 fully saturated rings. The molecule has 0 radical (unpaired) electrons. The average Bonchev–Trinajstić information content (AvgIpc) is 2.46. The zero-order valence-electron chi connectivity index (χ0n) is 11.6. The third-order valence-electron chi connectivity index (χ3n) is 2.90. The minimum absolute atomic E-state index is 0.581. The number of anilines is 1. The predicted octanol–water partition coefficient (Wildman–Crippen LogP) is 3.49. The second-order valence-electron chi connectivity index (χ2n) is 4.50. The van der Waals surface area contributed by atoms with Gasteiger partial charge in [-0.25, -0.2) is 0 Å². The van der Waals surface area contributed by atoms with Crippen LogP contribution in [0.2, 0.25) is 0 Å². The smallest absolute Gasteiger partial charge is 0.171 e. The van der Waals surface area contributed by atoms with Gasteiger partial charge < -0.3 is 15.4 Å². The second-order valence-corrected chi connectivity index (χ2v) is 4.91. The van der Waals surface area contributed by atoms with Crippen LogP contribution in [-0.2, 0) is 6.54 Å². The molecule has 0 aliphatic heterocycles. The average molecular weight is 286 g/mol. The van der Waals surface area contributed by atoms with Gasteiger partial charge in [0.05, 0.1) is 12.8 Å². The zero-order chi connectivity index (χ0) is 14.4. The summed E-state index contributed by atoms with van der Waals surface area (Å²) in [5, 5.41) is 6.93. The van der Waals surface area contributed by atoms with Gasteiger partial charge in [-0.1, -0.05) is 36.4 Å². The summed E-state index contributed by atoms with van der Waals surface area (Å²) in [6.07, 6.45) is 0. The van der Waals surface area contributed by atoms with Crippen LogP contribution in [0.3, 0.4) is 0 Å². The Kier molecular flexibility index (Phi) is 4.96. The molecule has 2 N–H and O–H groups in total. The molecule has 0 unspecified atom stereocenters. The first-order valence-electron chi connectivity index (χ1n) is 6.42. The Balaban J connectivity index is 1.96. The van der Waals surface area contributed by atoms with Crippen molar-refractivity contribution in [2.45, 2.75) is 13.5 Å². The Morgan fingerprint density at radius 1 is 1.15 bits per heavy atom. The molecule has 0 spiro atoms. The highest BCUT2D eigenvalue weighted by Crippen LogP contribution is 2.24. The van der Waals surface area contributed by atoms with E-state index in [-0.39, 0.29) is 0 Å². The maximum absolute atomic E-state index is 5.31. The third-order valence-corrected chi connectivity index (χ3v) is 3.15. The van der Waals surface area contributed by atoms with E-state index in [1.54, 1.807) is 7.11 Å². The fourth-order valence-electron chi connectivity index (χ4n) is 1.86. The molecule has 3 nitrogen and oxygen atoms in total. The molecular formula is C16H18N2OS. The highest BCUT2D eigenvalue weighted by molar-refractivity contribution is 7.80. The van der Waals surface area contributed by atoms with E-state index in [0.29, 0.717) is 11.7 Å². The van der Waals surface area contributed by atoms with E-state index in [1.807, 2.05) is 43.3 Å². The van der Waals surface area contributed by atoms with Crippen LogP contribution in [0.5, 0.6) is 5.75 Å². The lowest BCUT2D eigenvalue weighted by atomic mass is 10.2. The van der Waals surface area contributed by atoms with E-state index in [1.165, 1.54) is 5.56 Å². The van der Waals surface area contributed by atoms with E-state index >= 15 is 0 Å². The summed E-state index contributed by atoms with van der Waals surface area (Å²) in [4.78, 5) is 0. The summed E-state index contributed by atoms with van der Waals surface area (Å²) in [7, 11) is 1.65. The summed E-state index contributed by atoms with van der Waals surface area (Å²) >= 11 is 5.31. The van der Waals surface area contributed by atoms with Crippen molar-refractivity contribution in [1.29, 1.82) is 0 Å². The molecule has 0 aliphatic carbocycles. The minimum atomic E-state index is 0.581. The molecule has 0 amide bonds. The number of rotatable bonds is 4. The van der Waals surface area contributed by atoms with Crippen LogP contribution in [0.4, 0.5) is 5.69 Å². The monoisotopic (exact) mass is 286 g/mol. The van der Waals surface area contributed by atoms with Gasteiger partial charge in [-0.2, -0.15) is 0 Å². The minimum Gasteiger partial charge on any atom is -0.495 e. The van der Waals surface area contributed by atoms with Crippen molar-refractivity contribution in [1.82, 2.24) is 5.32 Å². The van der Waals surface area contributed by atoms with Crippen molar-refractivity contribution in [3.63, 3.8) is 0 Å². The SMILES string of the molecule is COc1ccc(C)cc1NC(=S)NCc1ccccc1. The second kappa shape index (κ2) is 6.91. The molecule has 20 heavy (non-hydrogen) atoms. The lowest BCUT2D eigenvalue weighted by molar-refractivity contribution is 0.417. The van der Waals surface area contributed by atoms with Crippen molar-refractivity contribution >= 4 is 23.0 Å². The van der Waals surface area contributed by atoms with Gasteiger partial charge in [0, 0.05) is 6.54 Å². The summed E-state index contributed by atoms with van der Waals surface area (Å²) < 4.78 is 5.31. The zero-order valence-corrected chi connectivity index (χ0v) is 12.5. The summed E-state index contributed by atoms with van der Waals surface area (Å²) in [5.74, 6) is 0.777. The van der Waals surface area contributed by atoms with Crippen molar-refractivity contribution in [2.24, 2.45) is 0 Å². The van der Waals surface area contributed by atoms with Crippen LogP contribution in [0.25, 0.3) is 0 Å². The Bertz CT molecular complexity index is 584. The van der Waals surface area contributed by atoms with Crippen LogP contribution in [0.15, 0.2) is 48.5 Å². The topological polar surface area (TPSA) is 33.3 Å². The number of hydrogen-bond donors (Lipinski definition) is 2. The summed E-state index contributed by atoms with van der Waals surface area (Å²) in [5.41, 5.74) is 3.21. The van der Waals surface area contributed by atoms with E-state index < -0.39 is 0 Å². The Hall–Kier alpha value is -2.07. The first kappa shape index (κ1) is 14.3.